The molecule has 1 heterocycles. The lowest BCUT2D eigenvalue weighted by Crippen LogP contribution is -2.51. The quantitative estimate of drug-likeness (QED) is 0.516. The van der Waals surface area contributed by atoms with E-state index in [0.717, 1.165) is 11.1 Å². The van der Waals surface area contributed by atoms with Crippen LogP contribution in [-0.4, -0.2) is 44.3 Å². The smallest absolute Gasteiger partial charge is 0.240 e. The first-order valence-corrected chi connectivity index (χ1v) is 12.5. The van der Waals surface area contributed by atoms with Crippen molar-refractivity contribution >= 4 is 39.1 Å². The molecule has 2 aromatic carbocycles. The maximum absolute atomic E-state index is 12.7. The number of hydrogen-bond donors (Lipinski definition) is 3. The second kappa shape index (κ2) is 11.0. The van der Waals surface area contributed by atoms with Gasteiger partial charge in [-0.05, 0) is 49.6 Å². The second-order valence-corrected chi connectivity index (χ2v) is 10.4. The summed E-state index contributed by atoms with van der Waals surface area (Å²) < 4.78 is 33.8. The zero-order valence-corrected chi connectivity index (χ0v) is 19.9. The Hall–Kier alpha value is -1.68. The third-order valence-electron chi connectivity index (χ3n) is 5.32. The van der Waals surface area contributed by atoms with Crippen LogP contribution in [0.5, 0.6) is 0 Å². The maximum atomic E-state index is 12.7. The number of carbonyl (C=O) groups excluding carboxylic acids is 1. The molecule has 1 aliphatic rings. The predicted octanol–water partition coefficient (Wildman–Crippen LogP) is 3.20. The van der Waals surface area contributed by atoms with Crippen molar-refractivity contribution in [2.75, 3.05) is 6.61 Å². The SMILES string of the molecule is Cc1ccc(S(=O)(=O)N[C@H]2CC[C@@H](CC(=O)NCc3ccc(Cl)c(Cl)c3)O[C@@H]2CO)cc1. The molecule has 10 heteroatoms. The Balaban J connectivity index is 1.52. The van der Waals surface area contributed by atoms with Gasteiger partial charge in [0.15, 0.2) is 0 Å². The first kappa shape index (κ1) is 25.0. The number of carbonyl (C=O) groups is 1. The number of halogens is 2. The van der Waals surface area contributed by atoms with E-state index in [4.69, 9.17) is 27.9 Å². The van der Waals surface area contributed by atoms with Crippen LogP contribution in [-0.2, 0) is 26.1 Å². The van der Waals surface area contributed by atoms with Crippen molar-refractivity contribution in [2.24, 2.45) is 0 Å². The van der Waals surface area contributed by atoms with Crippen molar-refractivity contribution in [1.29, 1.82) is 0 Å². The topological polar surface area (TPSA) is 105 Å². The normalized spacial score (nSPS) is 21.3. The fourth-order valence-corrected chi connectivity index (χ4v) is 5.15. The minimum atomic E-state index is -3.75. The maximum Gasteiger partial charge on any atom is 0.240 e. The van der Waals surface area contributed by atoms with Crippen LogP contribution in [0.1, 0.15) is 30.4 Å². The molecule has 1 fully saturated rings. The van der Waals surface area contributed by atoms with Gasteiger partial charge < -0.3 is 15.2 Å². The predicted molar refractivity (Wildman–Crippen MR) is 123 cm³/mol. The average Bonchev–Trinajstić information content (AvgIpc) is 2.75. The van der Waals surface area contributed by atoms with E-state index in [9.17, 15) is 18.3 Å². The van der Waals surface area contributed by atoms with Crippen LogP contribution in [0.2, 0.25) is 10.0 Å². The highest BCUT2D eigenvalue weighted by molar-refractivity contribution is 7.89. The van der Waals surface area contributed by atoms with Crippen molar-refractivity contribution in [1.82, 2.24) is 10.0 Å². The van der Waals surface area contributed by atoms with E-state index in [0.29, 0.717) is 29.4 Å². The highest BCUT2D eigenvalue weighted by Gasteiger charge is 2.34. The monoisotopic (exact) mass is 500 g/mol. The highest BCUT2D eigenvalue weighted by atomic mass is 35.5. The number of nitrogens with one attached hydrogen (secondary N) is 2. The van der Waals surface area contributed by atoms with E-state index in [1.165, 1.54) is 12.1 Å². The van der Waals surface area contributed by atoms with Gasteiger partial charge in [-0.2, -0.15) is 0 Å². The number of aliphatic hydroxyl groups is 1. The van der Waals surface area contributed by atoms with Crippen molar-refractivity contribution < 1.29 is 23.1 Å². The second-order valence-electron chi connectivity index (χ2n) is 7.83. The molecular formula is C22H26Cl2N2O5S. The molecule has 7 nitrogen and oxygen atoms in total. The number of hydrogen-bond acceptors (Lipinski definition) is 5. The van der Waals surface area contributed by atoms with Crippen molar-refractivity contribution in [3.05, 3.63) is 63.6 Å². The van der Waals surface area contributed by atoms with Crippen molar-refractivity contribution in [3.63, 3.8) is 0 Å². The van der Waals surface area contributed by atoms with E-state index >= 15 is 0 Å². The molecule has 0 radical (unpaired) electrons. The molecule has 3 rings (SSSR count). The molecule has 0 spiro atoms. The first-order chi connectivity index (χ1) is 15.2. The minimum absolute atomic E-state index is 0.106. The van der Waals surface area contributed by atoms with Crippen LogP contribution in [0, 0.1) is 6.92 Å². The molecule has 3 N–H and O–H groups in total. The van der Waals surface area contributed by atoms with Crippen LogP contribution in [0.4, 0.5) is 0 Å². The third-order valence-corrected chi connectivity index (χ3v) is 7.57. The van der Waals surface area contributed by atoms with Gasteiger partial charge in [0.25, 0.3) is 0 Å². The number of ether oxygens (including phenoxy) is 1. The van der Waals surface area contributed by atoms with Gasteiger partial charge in [0.2, 0.25) is 15.9 Å². The largest absolute Gasteiger partial charge is 0.394 e. The summed E-state index contributed by atoms with van der Waals surface area (Å²) in [6.45, 7) is 1.81. The van der Waals surface area contributed by atoms with Gasteiger partial charge in [-0.15, -0.1) is 0 Å². The lowest BCUT2D eigenvalue weighted by molar-refractivity contribution is -0.130. The number of aliphatic hydroxyl groups excluding tert-OH is 1. The fraction of sp³-hybridized carbons (Fsp3) is 0.409. The van der Waals surface area contributed by atoms with Gasteiger partial charge in [-0.25, -0.2) is 13.1 Å². The van der Waals surface area contributed by atoms with E-state index in [-0.39, 0.29) is 23.8 Å². The Morgan fingerprint density at radius 3 is 2.50 bits per heavy atom. The summed E-state index contributed by atoms with van der Waals surface area (Å²) in [6.07, 6.45) is -0.119. The van der Waals surface area contributed by atoms with Crippen LogP contribution in [0.3, 0.4) is 0 Å². The van der Waals surface area contributed by atoms with Crippen molar-refractivity contribution in [3.8, 4) is 0 Å². The molecule has 0 bridgehead atoms. The summed E-state index contributed by atoms with van der Waals surface area (Å²) in [7, 11) is -3.75. The third kappa shape index (κ3) is 6.66. The summed E-state index contributed by atoms with van der Waals surface area (Å²) in [4.78, 5) is 12.5. The van der Waals surface area contributed by atoms with E-state index in [1.54, 1.807) is 30.3 Å². The Labute approximate surface area is 198 Å². The molecule has 1 saturated heterocycles. The number of benzene rings is 2. The summed E-state index contributed by atoms with van der Waals surface area (Å²) in [5.74, 6) is -0.212. The van der Waals surface area contributed by atoms with E-state index < -0.39 is 28.3 Å². The Kier molecular flexibility index (Phi) is 8.55. The fourth-order valence-electron chi connectivity index (χ4n) is 3.53. The minimum Gasteiger partial charge on any atom is -0.394 e. The number of rotatable bonds is 8. The molecule has 1 amide bonds. The summed E-state index contributed by atoms with van der Waals surface area (Å²) in [6, 6.07) is 11.1. The molecule has 1 aliphatic heterocycles. The molecule has 2 aromatic rings. The highest BCUT2D eigenvalue weighted by Crippen LogP contribution is 2.24. The van der Waals surface area contributed by atoms with Crippen LogP contribution in [0.25, 0.3) is 0 Å². The van der Waals surface area contributed by atoms with E-state index in [2.05, 4.69) is 10.0 Å². The molecule has 0 unspecified atom stereocenters. The van der Waals surface area contributed by atoms with Crippen LogP contribution in [0.15, 0.2) is 47.4 Å². The lowest BCUT2D eigenvalue weighted by atomic mass is 9.98. The van der Waals surface area contributed by atoms with E-state index in [1.807, 2.05) is 6.92 Å². The molecule has 0 saturated carbocycles. The standard InChI is InChI=1S/C22H26Cl2N2O5S/c1-14-2-6-17(7-3-14)32(29,30)26-20-9-5-16(31-21(20)13-27)11-22(28)25-12-15-4-8-18(23)19(24)10-15/h2-4,6-8,10,16,20-21,26-27H,5,9,11-13H2,1H3,(H,25,28)/t16-,20-,21+/m0/s1. The number of aryl methyl sites for hydroxylation is 1. The zero-order chi connectivity index (χ0) is 23.3. The van der Waals surface area contributed by atoms with Gasteiger partial charge in [-0.1, -0.05) is 47.0 Å². The zero-order valence-electron chi connectivity index (χ0n) is 17.6. The molecular weight excluding hydrogens is 475 g/mol. The van der Waals surface area contributed by atoms with Crippen LogP contribution >= 0.6 is 23.2 Å². The van der Waals surface area contributed by atoms with Gasteiger partial charge >= 0.3 is 0 Å². The lowest BCUT2D eigenvalue weighted by Gasteiger charge is -2.35. The molecule has 0 aromatic heterocycles. The molecule has 174 valence electrons. The van der Waals surface area contributed by atoms with Gasteiger partial charge in [0, 0.05) is 6.54 Å². The Bertz CT molecular complexity index is 1050. The van der Waals surface area contributed by atoms with Crippen LogP contribution < -0.4 is 10.0 Å². The number of sulfonamides is 1. The summed E-state index contributed by atoms with van der Waals surface area (Å²) >= 11 is 11.9. The Morgan fingerprint density at radius 1 is 1.12 bits per heavy atom. The summed E-state index contributed by atoms with van der Waals surface area (Å²) in [5, 5.41) is 13.4. The number of amides is 1. The average molecular weight is 501 g/mol. The molecule has 3 atom stereocenters. The Morgan fingerprint density at radius 2 is 1.84 bits per heavy atom. The summed E-state index contributed by atoms with van der Waals surface area (Å²) in [5.41, 5.74) is 1.77. The van der Waals surface area contributed by atoms with Gasteiger partial charge in [0.1, 0.15) is 0 Å². The van der Waals surface area contributed by atoms with Gasteiger partial charge in [-0.3, -0.25) is 4.79 Å². The van der Waals surface area contributed by atoms with Gasteiger partial charge in [0.05, 0.1) is 46.2 Å². The van der Waals surface area contributed by atoms with Crippen molar-refractivity contribution in [2.45, 2.75) is 55.9 Å². The molecule has 32 heavy (non-hydrogen) atoms. The molecule has 0 aliphatic carbocycles. The first-order valence-electron chi connectivity index (χ1n) is 10.2.